The number of benzene rings is 1. The average Bonchev–Trinajstić information content (AvgIpc) is 3.32. The van der Waals surface area contributed by atoms with Gasteiger partial charge in [-0.05, 0) is 62.8 Å². The van der Waals surface area contributed by atoms with E-state index in [4.69, 9.17) is 14.5 Å². The van der Waals surface area contributed by atoms with Crippen molar-refractivity contribution in [3.05, 3.63) is 47.8 Å². The van der Waals surface area contributed by atoms with Crippen LogP contribution < -0.4 is 0 Å². The van der Waals surface area contributed by atoms with Crippen molar-refractivity contribution in [1.29, 1.82) is 0 Å². The highest BCUT2D eigenvalue weighted by molar-refractivity contribution is 6.07. The van der Waals surface area contributed by atoms with E-state index >= 15 is 0 Å². The van der Waals surface area contributed by atoms with Crippen molar-refractivity contribution in [3.63, 3.8) is 0 Å². The Kier molecular flexibility index (Phi) is 5.96. The molecule has 1 saturated heterocycles. The number of aromatic nitrogens is 4. The van der Waals surface area contributed by atoms with Gasteiger partial charge in [-0.2, -0.15) is 5.10 Å². The Hall–Kier alpha value is -2.74. The first-order valence-electron chi connectivity index (χ1n) is 12.0. The summed E-state index contributed by atoms with van der Waals surface area (Å²) in [7, 11) is 3.73. The van der Waals surface area contributed by atoms with Crippen LogP contribution in [0.25, 0.3) is 33.2 Å². The average molecular weight is 463 g/mol. The topological polar surface area (TPSA) is 74.3 Å². The summed E-state index contributed by atoms with van der Waals surface area (Å²) in [6.45, 7) is 7.88. The molecule has 1 aliphatic rings. The fraction of sp³-hybridized carbons (Fsp3) is 0.481. The summed E-state index contributed by atoms with van der Waals surface area (Å²) in [5.74, 6) is 0.431. The molecule has 5 rings (SSSR count). The van der Waals surface area contributed by atoms with Gasteiger partial charge in [-0.15, -0.1) is 0 Å². The predicted octanol–water partition coefficient (Wildman–Crippen LogP) is 4.74. The van der Waals surface area contributed by atoms with Gasteiger partial charge in [-0.3, -0.25) is 9.67 Å². The summed E-state index contributed by atoms with van der Waals surface area (Å²) in [6.07, 6.45) is 5.82. The van der Waals surface area contributed by atoms with E-state index in [0.29, 0.717) is 12.5 Å². The second-order valence-electron chi connectivity index (χ2n) is 10.0. The minimum absolute atomic E-state index is 0.135. The van der Waals surface area contributed by atoms with Crippen LogP contribution in [0.3, 0.4) is 0 Å². The Morgan fingerprint density at radius 2 is 1.94 bits per heavy atom. The lowest BCUT2D eigenvalue weighted by Crippen LogP contribution is -2.29. The fourth-order valence-electron chi connectivity index (χ4n) is 5.43. The monoisotopic (exact) mass is 462 g/mol. The van der Waals surface area contributed by atoms with Crippen molar-refractivity contribution in [2.75, 3.05) is 26.9 Å². The summed E-state index contributed by atoms with van der Waals surface area (Å²) < 4.78 is 15.8. The maximum atomic E-state index is 10.8. The van der Waals surface area contributed by atoms with E-state index in [1.807, 2.05) is 44.0 Å². The lowest BCUT2D eigenvalue weighted by molar-refractivity contribution is 0.0311. The molecule has 1 aromatic carbocycles. The largest absolute Gasteiger partial charge is 0.386 e. The first-order valence-corrected chi connectivity index (χ1v) is 12.0. The highest BCUT2D eigenvalue weighted by Gasteiger charge is 2.30. The zero-order valence-corrected chi connectivity index (χ0v) is 20.7. The van der Waals surface area contributed by atoms with Crippen LogP contribution in [0.1, 0.15) is 43.9 Å². The molecule has 0 amide bonds. The molecule has 7 heteroatoms. The number of nitrogens with zero attached hydrogens (tertiary/aromatic N) is 4. The van der Waals surface area contributed by atoms with E-state index in [0.717, 1.165) is 70.4 Å². The lowest BCUT2D eigenvalue weighted by Gasteiger charge is -2.32. The molecular formula is C27H34N4O3. The molecule has 1 N–H and O–H groups in total. The summed E-state index contributed by atoms with van der Waals surface area (Å²) in [5, 5.41) is 16.3. The quantitative estimate of drug-likeness (QED) is 0.448. The molecule has 34 heavy (non-hydrogen) atoms. The summed E-state index contributed by atoms with van der Waals surface area (Å²) in [4.78, 5) is 4.96. The molecule has 0 spiro atoms. The number of ether oxygens (including phenoxy) is 2. The van der Waals surface area contributed by atoms with Gasteiger partial charge in [0.15, 0.2) is 0 Å². The number of fused-ring (bicyclic) bond motifs is 3. The minimum atomic E-state index is -0.935. The number of methoxy groups -OCH3 is 1. The van der Waals surface area contributed by atoms with Crippen LogP contribution in [0.2, 0.25) is 0 Å². The van der Waals surface area contributed by atoms with Crippen molar-refractivity contribution in [3.8, 4) is 11.3 Å². The third-order valence-corrected chi connectivity index (χ3v) is 7.22. The molecule has 4 aromatic rings. The van der Waals surface area contributed by atoms with Crippen LogP contribution in [-0.4, -0.2) is 51.4 Å². The Bertz CT molecular complexity index is 1310. The zero-order chi connectivity index (χ0) is 24.0. The van der Waals surface area contributed by atoms with Gasteiger partial charge in [0, 0.05) is 44.5 Å². The molecule has 3 aromatic heterocycles. The molecule has 1 atom stereocenters. The number of hydrogen-bond donors (Lipinski definition) is 1. The van der Waals surface area contributed by atoms with E-state index in [-0.39, 0.29) is 6.04 Å². The standard InChI is InChI=1S/C27H34N4O3/c1-17-14-29-30(4)26(17)19-12-23-25(28-15-19)21-7-6-20(27(2,3)32)13-22(21)31(23)24(16-33-5)18-8-10-34-11-9-18/h6-7,12-15,18,24,32H,8-11,16H2,1-5H3. The molecule has 180 valence electrons. The summed E-state index contributed by atoms with van der Waals surface area (Å²) in [5.41, 5.74) is 6.30. The third kappa shape index (κ3) is 3.91. The molecule has 0 saturated carbocycles. The molecule has 1 fully saturated rings. The van der Waals surface area contributed by atoms with Crippen LogP contribution in [0.4, 0.5) is 0 Å². The van der Waals surface area contributed by atoms with Gasteiger partial charge in [-0.1, -0.05) is 12.1 Å². The number of aliphatic hydroxyl groups is 1. The number of aryl methyl sites for hydroxylation is 2. The Morgan fingerprint density at radius 1 is 1.18 bits per heavy atom. The van der Waals surface area contributed by atoms with E-state index in [1.54, 1.807) is 7.11 Å². The van der Waals surface area contributed by atoms with Gasteiger partial charge in [0.05, 0.1) is 46.7 Å². The number of pyridine rings is 1. The SMILES string of the molecule is COCC(C1CCOCC1)n1c2cc(C(C)(C)O)ccc2c2ncc(-c3c(C)cnn3C)cc21. The summed E-state index contributed by atoms with van der Waals surface area (Å²) >= 11 is 0. The summed E-state index contributed by atoms with van der Waals surface area (Å²) in [6, 6.07) is 8.59. The van der Waals surface area contributed by atoms with E-state index < -0.39 is 5.60 Å². The van der Waals surface area contributed by atoms with Crippen molar-refractivity contribution < 1.29 is 14.6 Å². The van der Waals surface area contributed by atoms with Crippen molar-refractivity contribution in [2.45, 2.75) is 45.3 Å². The van der Waals surface area contributed by atoms with Crippen molar-refractivity contribution in [2.24, 2.45) is 13.0 Å². The molecule has 4 heterocycles. The van der Waals surface area contributed by atoms with Crippen LogP contribution in [0.15, 0.2) is 36.7 Å². The van der Waals surface area contributed by atoms with Crippen LogP contribution in [0, 0.1) is 12.8 Å². The van der Waals surface area contributed by atoms with Gasteiger partial charge >= 0.3 is 0 Å². The molecule has 0 bridgehead atoms. The molecule has 1 unspecified atom stereocenters. The fourth-order valence-corrected chi connectivity index (χ4v) is 5.43. The maximum Gasteiger partial charge on any atom is 0.0960 e. The Morgan fingerprint density at radius 3 is 2.59 bits per heavy atom. The molecule has 1 aliphatic heterocycles. The van der Waals surface area contributed by atoms with Crippen LogP contribution in [-0.2, 0) is 22.1 Å². The normalized spacial score (nSPS) is 16.5. The highest BCUT2D eigenvalue weighted by atomic mass is 16.5. The van der Waals surface area contributed by atoms with Crippen molar-refractivity contribution >= 4 is 21.9 Å². The van der Waals surface area contributed by atoms with Gasteiger partial charge in [-0.25, -0.2) is 0 Å². The van der Waals surface area contributed by atoms with Gasteiger partial charge in [0.2, 0.25) is 0 Å². The van der Waals surface area contributed by atoms with Crippen LogP contribution >= 0.6 is 0 Å². The number of rotatable bonds is 6. The van der Waals surface area contributed by atoms with Crippen molar-refractivity contribution in [1.82, 2.24) is 19.3 Å². The van der Waals surface area contributed by atoms with Gasteiger partial charge < -0.3 is 19.1 Å². The Balaban J connectivity index is 1.81. The molecular weight excluding hydrogens is 428 g/mol. The van der Waals surface area contributed by atoms with Crippen LogP contribution in [0.5, 0.6) is 0 Å². The van der Waals surface area contributed by atoms with Gasteiger partial charge in [0.25, 0.3) is 0 Å². The zero-order valence-electron chi connectivity index (χ0n) is 20.7. The van der Waals surface area contributed by atoms with E-state index in [9.17, 15) is 5.11 Å². The predicted molar refractivity (Wildman–Crippen MR) is 134 cm³/mol. The molecule has 0 aliphatic carbocycles. The molecule has 7 nitrogen and oxygen atoms in total. The third-order valence-electron chi connectivity index (χ3n) is 7.22. The van der Waals surface area contributed by atoms with E-state index in [2.05, 4.69) is 34.8 Å². The smallest absolute Gasteiger partial charge is 0.0960 e. The molecule has 0 radical (unpaired) electrons. The second-order valence-corrected chi connectivity index (χ2v) is 10.0. The lowest BCUT2D eigenvalue weighted by atomic mass is 9.91. The number of hydrogen-bond acceptors (Lipinski definition) is 5. The minimum Gasteiger partial charge on any atom is -0.386 e. The maximum absolute atomic E-state index is 10.8. The highest BCUT2D eigenvalue weighted by Crippen LogP contribution is 2.39. The Labute approximate surface area is 200 Å². The van der Waals surface area contributed by atoms with Gasteiger partial charge in [0.1, 0.15) is 0 Å². The first-order chi connectivity index (χ1) is 16.3. The van der Waals surface area contributed by atoms with E-state index in [1.165, 1.54) is 0 Å². The first kappa shape index (κ1) is 23.0. The second kappa shape index (κ2) is 8.80.